The smallest absolute Gasteiger partial charge is 0.371 e. The fraction of sp³-hybridized carbons (Fsp3) is 0.147. The lowest BCUT2D eigenvalue weighted by Gasteiger charge is -2.21. The molecule has 0 aliphatic heterocycles. The van der Waals surface area contributed by atoms with Gasteiger partial charge in [0.05, 0.1) is 5.69 Å². The number of nitrogens with zero attached hydrogens (tertiary/aromatic N) is 1. The number of carboxylic acids is 1. The van der Waals surface area contributed by atoms with Gasteiger partial charge in [0, 0.05) is 23.9 Å². The number of aliphatic carboxylic acids is 1. The predicted molar refractivity (Wildman–Crippen MR) is 161 cm³/mol. The number of ether oxygens (including phenoxy) is 1. The molecule has 0 radical (unpaired) electrons. The topological polar surface area (TPSA) is 95.9 Å². The SMILES string of the molecule is CCCC=C(Oc1ccccc1N(C)C(=O)c1ccc(NC(=O)c2ccccc2-c2ccc(C)cc2)cc1)C(=O)O. The summed E-state index contributed by atoms with van der Waals surface area (Å²) in [4.78, 5) is 39.5. The first-order valence-electron chi connectivity index (χ1n) is 13.3. The molecule has 4 rings (SSSR count). The summed E-state index contributed by atoms with van der Waals surface area (Å²) >= 11 is 0. The van der Waals surface area contributed by atoms with Gasteiger partial charge in [-0.3, -0.25) is 9.59 Å². The van der Waals surface area contributed by atoms with Crippen LogP contribution in [0.4, 0.5) is 11.4 Å². The summed E-state index contributed by atoms with van der Waals surface area (Å²) in [6.07, 6.45) is 2.85. The van der Waals surface area contributed by atoms with Crippen molar-refractivity contribution in [3.05, 3.63) is 126 Å². The Hall–Kier alpha value is -5.17. The van der Waals surface area contributed by atoms with E-state index >= 15 is 0 Å². The van der Waals surface area contributed by atoms with Gasteiger partial charge in [0.2, 0.25) is 5.76 Å². The Morgan fingerprint density at radius 3 is 2.22 bits per heavy atom. The van der Waals surface area contributed by atoms with Crippen molar-refractivity contribution in [1.82, 2.24) is 0 Å². The van der Waals surface area contributed by atoms with Crippen molar-refractivity contribution in [1.29, 1.82) is 0 Å². The summed E-state index contributed by atoms with van der Waals surface area (Å²) in [5.74, 6) is -1.69. The molecule has 0 spiro atoms. The summed E-state index contributed by atoms with van der Waals surface area (Å²) in [5.41, 5.74) is 4.82. The van der Waals surface area contributed by atoms with Gasteiger partial charge < -0.3 is 20.1 Å². The number of carbonyl (C=O) groups is 3. The van der Waals surface area contributed by atoms with Crippen molar-refractivity contribution in [2.45, 2.75) is 26.7 Å². The number of rotatable bonds is 10. The van der Waals surface area contributed by atoms with Crippen LogP contribution in [0.5, 0.6) is 5.75 Å². The van der Waals surface area contributed by atoms with E-state index in [9.17, 15) is 19.5 Å². The second kappa shape index (κ2) is 13.3. The first-order valence-corrected chi connectivity index (χ1v) is 13.3. The Morgan fingerprint density at radius 1 is 0.878 bits per heavy atom. The minimum Gasteiger partial charge on any atom is -0.475 e. The van der Waals surface area contributed by atoms with Gasteiger partial charge in [-0.05, 0) is 73.0 Å². The molecule has 2 N–H and O–H groups in total. The molecule has 0 fully saturated rings. The van der Waals surface area contributed by atoms with E-state index in [2.05, 4.69) is 5.32 Å². The molecule has 7 nitrogen and oxygen atoms in total. The molecule has 208 valence electrons. The van der Waals surface area contributed by atoms with E-state index in [1.165, 1.54) is 11.0 Å². The van der Waals surface area contributed by atoms with Crippen LogP contribution in [0.2, 0.25) is 0 Å². The van der Waals surface area contributed by atoms with Crippen LogP contribution in [0.3, 0.4) is 0 Å². The first kappa shape index (κ1) is 28.8. The van der Waals surface area contributed by atoms with Crippen LogP contribution in [0.15, 0.2) is 109 Å². The molecule has 0 heterocycles. The maximum atomic E-state index is 13.3. The van der Waals surface area contributed by atoms with Crippen molar-refractivity contribution in [2.75, 3.05) is 17.3 Å². The van der Waals surface area contributed by atoms with Gasteiger partial charge in [0.15, 0.2) is 5.75 Å². The van der Waals surface area contributed by atoms with Crippen molar-refractivity contribution < 1.29 is 24.2 Å². The molecule has 4 aromatic carbocycles. The Morgan fingerprint density at radius 2 is 1.54 bits per heavy atom. The number of anilines is 2. The minimum atomic E-state index is -1.18. The number of unbranched alkanes of at least 4 members (excludes halogenated alkanes) is 1. The molecule has 0 saturated carbocycles. The maximum Gasteiger partial charge on any atom is 0.371 e. The number of amides is 2. The lowest BCUT2D eigenvalue weighted by atomic mass is 9.98. The summed E-state index contributed by atoms with van der Waals surface area (Å²) in [6, 6.07) is 28.8. The third-order valence-electron chi connectivity index (χ3n) is 6.50. The largest absolute Gasteiger partial charge is 0.475 e. The number of allylic oxidation sites excluding steroid dienone is 1. The van der Waals surface area contributed by atoms with E-state index in [1.807, 2.05) is 56.3 Å². The van der Waals surface area contributed by atoms with Crippen LogP contribution in [-0.2, 0) is 4.79 Å². The van der Waals surface area contributed by atoms with Gasteiger partial charge in [0.1, 0.15) is 0 Å². The van der Waals surface area contributed by atoms with Crippen LogP contribution in [0, 0.1) is 6.92 Å². The van der Waals surface area contributed by atoms with Gasteiger partial charge >= 0.3 is 5.97 Å². The Labute approximate surface area is 239 Å². The zero-order chi connectivity index (χ0) is 29.4. The number of hydrogen-bond donors (Lipinski definition) is 2. The molecular formula is C34H32N2O5. The molecule has 41 heavy (non-hydrogen) atoms. The maximum absolute atomic E-state index is 13.3. The minimum absolute atomic E-state index is 0.191. The molecule has 7 heteroatoms. The van der Waals surface area contributed by atoms with Gasteiger partial charge in [-0.2, -0.15) is 0 Å². The molecule has 4 aromatic rings. The van der Waals surface area contributed by atoms with Crippen LogP contribution in [0.25, 0.3) is 11.1 Å². The van der Waals surface area contributed by atoms with Crippen molar-refractivity contribution in [3.63, 3.8) is 0 Å². The fourth-order valence-corrected chi connectivity index (χ4v) is 4.25. The quantitative estimate of drug-likeness (QED) is 0.160. The van der Waals surface area contributed by atoms with Crippen molar-refractivity contribution in [3.8, 4) is 16.9 Å². The highest BCUT2D eigenvalue weighted by Gasteiger charge is 2.20. The van der Waals surface area contributed by atoms with E-state index in [1.54, 1.807) is 61.6 Å². The van der Waals surface area contributed by atoms with Crippen LogP contribution < -0.4 is 15.0 Å². The average molecular weight is 549 g/mol. The third kappa shape index (κ3) is 7.08. The second-order valence-corrected chi connectivity index (χ2v) is 9.54. The molecule has 2 amide bonds. The highest BCUT2D eigenvalue weighted by molar-refractivity contribution is 6.09. The Kier molecular flexibility index (Phi) is 9.32. The summed E-state index contributed by atoms with van der Waals surface area (Å²) < 4.78 is 5.69. The second-order valence-electron chi connectivity index (χ2n) is 9.54. The molecule has 0 bridgehead atoms. The van der Waals surface area contributed by atoms with Gasteiger partial charge in [0.25, 0.3) is 11.8 Å². The monoisotopic (exact) mass is 548 g/mol. The number of benzene rings is 4. The number of hydrogen-bond acceptors (Lipinski definition) is 4. The normalized spacial score (nSPS) is 11.0. The highest BCUT2D eigenvalue weighted by atomic mass is 16.5. The number of carbonyl (C=O) groups excluding carboxylic acids is 2. The number of aryl methyl sites for hydroxylation is 1. The highest BCUT2D eigenvalue weighted by Crippen LogP contribution is 2.30. The van der Waals surface area contributed by atoms with Crippen LogP contribution in [0.1, 0.15) is 46.0 Å². The molecule has 0 aliphatic carbocycles. The predicted octanol–water partition coefficient (Wildman–Crippen LogP) is 7.34. The zero-order valence-corrected chi connectivity index (χ0v) is 23.3. The van der Waals surface area contributed by atoms with E-state index in [-0.39, 0.29) is 23.3 Å². The number of carboxylic acid groups (broad SMARTS) is 1. The van der Waals surface area contributed by atoms with E-state index in [0.717, 1.165) is 23.1 Å². The van der Waals surface area contributed by atoms with Crippen molar-refractivity contribution in [2.24, 2.45) is 0 Å². The molecular weight excluding hydrogens is 516 g/mol. The van der Waals surface area contributed by atoms with Gasteiger partial charge in [-0.1, -0.05) is 73.5 Å². The summed E-state index contributed by atoms with van der Waals surface area (Å²) in [7, 11) is 1.60. The third-order valence-corrected chi connectivity index (χ3v) is 6.50. The average Bonchev–Trinajstić information content (AvgIpc) is 2.99. The van der Waals surface area contributed by atoms with Gasteiger partial charge in [-0.25, -0.2) is 4.79 Å². The molecule has 0 atom stereocenters. The number of nitrogens with one attached hydrogen (secondary N) is 1. The molecule has 0 saturated heterocycles. The van der Waals surface area contributed by atoms with E-state index in [4.69, 9.17) is 4.74 Å². The summed E-state index contributed by atoms with van der Waals surface area (Å²) in [6.45, 7) is 3.96. The standard InChI is InChI=1S/C34H32N2O5/c1-4-5-13-31(34(39)40)41-30-14-9-8-12-29(30)36(3)33(38)25-19-21-26(22-20-25)35-32(37)28-11-7-6-10-27(28)24-17-15-23(2)16-18-24/h6-22H,4-5H2,1-3H3,(H,35,37)(H,39,40). The Bertz CT molecular complexity index is 1570. The number of para-hydroxylation sites is 2. The van der Waals surface area contributed by atoms with Gasteiger partial charge in [-0.15, -0.1) is 0 Å². The van der Waals surface area contributed by atoms with Crippen LogP contribution >= 0.6 is 0 Å². The molecule has 0 aromatic heterocycles. The zero-order valence-electron chi connectivity index (χ0n) is 23.3. The lowest BCUT2D eigenvalue weighted by Crippen LogP contribution is -2.27. The summed E-state index contributed by atoms with van der Waals surface area (Å²) in [5, 5.41) is 12.4. The fourth-order valence-electron chi connectivity index (χ4n) is 4.25. The van der Waals surface area contributed by atoms with Crippen LogP contribution in [-0.4, -0.2) is 29.9 Å². The first-order chi connectivity index (χ1) is 19.8. The van der Waals surface area contributed by atoms with Crippen molar-refractivity contribution >= 4 is 29.2 Å². The lowest BCUT2D eigenvalue weighted by molar-refractivity contribution is -0.135. The molecule has 0 aliphatic rings. The van der Waals surface area contributed by atoms with E-state index in [0.29, 0.717) is 28.9 Å². The molecule has 0 unspecified atom stereocenters. The van der Waals surface area contributed by atoms with E-state index < -0.39 is 5.97 Å². The Balaban J connectivity index is 1.50.